The molecule has 1 rings (SSSR count). The van der Waals surface area contributed by atoms with E-state index in [-0.39, 0.29) is 24.2 Å². The van der Waals surface area contributed by atoms with E-state index in [1.807, 2.05) is 13.8 Å². The van der Waals surface area contributed by atoms with Crippen LogP contribution in [0.4, 0.5) is 0 Å². The van der Waals surface area contributed by atoms with Crippen LogP contribution in [0.2, 0.25) is 0 Å². The Balaban J connectivity index is 2.21. The smallest absolute Gasteiger partial charge is 0.227 e. The highest BCUT2D eigenvalue weighted by Crippen LogP contribution is 2.21. The molecule has 15 heavy (non-hydrogen) atoms. The van der Waals surface area contributed by atoms with Crippen molar-refractivity contribution in [1.82, 2.24) is 5.32 Å². The Morgan fingerprint density at radius 1 is 1.47 bits per heavy atom. The van der Waals surface area contributed by atoms with Gasteiger partial charge in [-0.05, 0) is 20.8 Å². The van der Waals surface area contributed by atoms with E-state index in [2.05, 4.69) is 5.32 Å². The van der Waals surface area contributed by atoms with Crippen LogP contribution in [0.15, 0.2) is 0 Å². The predicted octanol–water partition coefficient (Wildman–Crippen LogP) is 0.233. The van der Waals surface area contributed by atoms with Gasteiger partial charge in [-0.1, -0.05) is 0 Å². The summed E-state index contributed by atoms with van der Waals surface area (Å²) in [5.74, 6) is -0.983. The number of hydrogen-bond donors (Lipinski definition) is 1. The quantitative estimate of drug-likeness (QED) is 0.682. The number of ether oxygens (including phenoxy) is 2. The normalized spacial score (nSPS) is 23.8. The number of carbonyl (C=O) groups is 2. The summed E-state index contributed by atoms with van der Waals surface area (Å²) in [5, 5.41) is 2.63. The number of ketones is 1. The highest BCUT2D eigenvalue weighted by atomic mass is 16.7. The standard InChI is InChI=1S/C10H17NO4/c1-7(12)4-9(13)11-5-8-6-14-10(2,3)15-8/h8H,4-6H2,1-3H3,(H,11,13). The van der Waals surface area contributed by atoms with Gasteiger partial charge < -0.3 is 14.8 Å². The molecule has 1 heterocycles. The fourth-order valence-corrected chi connectivity index (χ4v) is 1.38. The molecule has 1 amide bonds. The van der Waals surface area contributed by atoms with Crippen LogP contribution in [-0.2, 0) is 19.1 Å². The van der Waals surface area contributed by atoms with E-state index in [1.54, 1.807) is 0 Å². The topological polar surface area (TPSA) is 64.6 Å². The lowest BCUT2D eigenvalue weighted by Crippen LogP contribution is -2.35. The Bertz CT molecular complexity index is 262. The molecular formula is C10H17NO4. The summed E-state index contributed by atoms with van der Waals surface area (Å²) < 4.78 is 10.8. The number of amides is 1. The Morgan fingerprint density at radius 2 is 2.13 bits per heavy atom. The maximum absolute atomic E-state index is 11.1. The minimum Gasteiger partial charge on any atom is -0.353 e. The van der Waals surface area contributed by atoms with E-state index in [0.717, 1.165) is 0 Å². The van der Waals surface area contributed by atoms with Gasteiger partial charge in [0.2, 0.25) is 5.91 Å². The minimum atomic E-state index is -0.573. The zero-order chi connectivity index (χ0) is 11.5. The molecule has 5 heteroatoms. The van der Waals surface area contributed by atoms with Gasteiger partial charge in [-0.3, -0.25) is 9.59 Å². The fraction of sp³-hybridized carbons (Fsp3) is 0.800. The molecule has 0 aromatic carbocycles. The largest absolute Gasteiger partial charge is 0.353 e. The summed E-state index contributed by atoms with van der Waals surface area (Å²) in [6.07, 6.45) is -0.201. The molecule has 1 atom stereocenters. The number of hydrogen-bond acceptors (Lipinski definition) is 4. The minimum absolute atomic E-state index is 0.0725. The van der Waals surface area contributed by atoms with E-state index in [4.69, 9.17) is 9.47 Å². The number of Topliss-reactive ketones (excluding diaryl/α,β-unsaturated/α-hetero) is 1. The van der Waals surface area contributed by atoms with Crippen molar-refractivity contribution in [2.45, 2.75) is 39.1 Å². The molecule has 0 aromatic heterocycles. The molecule has 1 aliphatic heterocycles. The summed E-state index contributed by atoms with van der Waals surface area (Å²) in [4.78, 5) is 21.8. The van der Waals surface area contributed by atoms with Gasteiger partial charge in [-0.15, -0.1) is 0 Å². The molecule has 1 aliphatic rings. The second-order valence-electron chi connectivity index (χ2n) is 4.13. The van der Waals surface area contributed by atoms with Crippen molar-refractivity contribution in [1.29, 1.82) is 0 Å². The van der Waals surface area contributed by atoms with Crippen molar-refractivity contribution in [3.63, 3.8) is 0 Å². The van der Waals surface area contributed by atoms with Crippen molar-refractivity contribution in [2.75, 3.05) is 13.2 Å². The van der Waals surface area contributed by atoms with E-state index >= 15 is 0 Å². The molecule has 1 unspecified atom stereocenters. The van der Waals surface area contributed by atoms with E-state index in [0.29, 0.717) is 13.2 Å². The molecule has 5 nitrogen and oxygen atoms in total. The third-order valence-corrected chi connectivity index (χ3v) is 2.00. The van der Waals surface area contributed by atoms with Gasteiger partial charge >= 0.3 is 0 Å². The summed E-state index contributed by atoms with van der Waals surface area (Å²) in [5.41, 5.74) is 0. The van der Waals surface area contributed by atoms with Gasteiger partial charge in [-0.2, -0.15) is 0 Å². The first-order valence-electron chi connectivity index (χ1n) is 4.97. The molecule has 0 aromatic rings. The summed E-state index contributed by atoms with van der Waals surface area (Å²) in [6.45, 7) is 5.88. The van der Waals surface area contributed by atoms with Crippen molar-refractivity contribution >= 4 is 11.7 Å². The van der Waals surface area contributed by atoms with E-state index < -0.39 is 5.79 Å². The Kier molecular flexibility index (Phi) is 3.82. The van der Waals surface area contributed by atoms with Gasteiger partial charge in [0.15, 0.2) is 5.79 Å². The highest BCUT2D eigenvalue weighted by molar-refractivity contribution is 5.96. The van der Waals surface area contributed by atoms with Crippen LogP contribution in [0.1, 0.15) is 27.2 Å². The van der Waals surface area contributed by atoms with Crippen molar-refractivity contribution in [2.24, 2.45) is 0 Å². The molecule has 0 bridgehead atoms. The van der Waals surface area contributed by atoms with Crippen LogP contribution < -0.4 is 5.32 Å². The van der Waals surface area contributed by atoms with Gasteiger partial charge in [0.05, 0.1) is 13.0 Å². The van der Waals surface area contributed by atoms with Crippen LogP contribution in [0.3, 0.4) is 0 Å². The van der Waals surface area contributed by atoms with Gasteiger partial charge in [0.25, 0.3) is 0 Å². The third-order valence-electron chi connectivity index (χ3n) is 2.00. The average Bonchev–Trinajstić information content (AvgIpc) is 2.41. The fourth-order valence-electron chi connectivity index (χ4n) is 1.38. The third kappa shape index (κ3) is 4.40. The number of nitrogens with one attached hydrogen (secondary N) is 1. The zero-order valence-corrected chi connectivity index (χ0v) is 9.33. The zero-order valence-electron chi connectivity index (χ0n) is 9.33. The Hall–Kier alpha value is -0.940. The molecule has 86 valence electrons. The van der Waals surface area contributed by atoms with Crippen molar-refractivity contribution in [3.8, 4) is 0 Å². The molecule has 0 aliphatic carbocycles. The van der Waals surface area contributed by atoms with Crippen LogP contribution in [0, 0.1) is 0 Å². The van der Waals surface area contributed by atoms with Gasteiger partial charge in [0.1, 0.15) is 11.9 Å². The maximum atomic E-state index is 11.1. The van der Waals surface area contributed by atoms with E-state index in [1.165, 1.54) is 6.92 Å². The molecule has 1 N–H and O–H groups in total. The van der Waals surface area contributed by atoms with Crippen LogP contribution in [0.25, 0.3) is 0 Å². The molecule has 1 saturated heterocycles. The van der Waals surface area contributed by atoms with Crippen LogP contribution in [-0.4, -0.2) is 36.7 Å². The lowest BCUT2D eigenvalue weighted by Gasteiger charge is -2.17. The number of rotatable bonds is 4. The summed E-state index contributed by atoms with van der Waals surface area (Å²) >= 11 is 0. The molecule has 1 fully saturated rings. The van der Waals surface area contributed by atoms with Gasteiger partial charge in [0, 0.05) is 6.54 Å². The predicted molar refractivity (Wildman–Crippen MR) is 53.2 cm³/mol. The molecule has 0 saturated carbocycles. The first-order chi connectivity index (χ1) is 6.89. The first kappa shape index (κ1) is 12.1. The van der Waals surface area contributed by atoms with Crippen LogP contribution >= 0.6 is 0 Å². The first-order valence-corrected chi connectivity index (χ1v) is 4.97. The van der Waals surface area contributed by atoms with Crippen molar-refractivity contribution in [3.05, 3.63) is 0 Å². The van der Waals surface area contributed by atoms with Gasteiger partial charge in [-0.25, -0.2) is 0 Å². The highest BCUT2D eigenvalue weighted by Gasteiger charge is 2.32. The Labute approximate surface area is 89.1 Å². The SMILES string of the molecule is CC(=O)CC(=O)NCC1COC(C)(C)O1. The number of carbonyl (C=O) groups excluding carboxylic acids is 2. The lowest BCUT2D eigenvalue weighted by molar-refractivity contribution is -0.140. The van der Waals surface area contributed by atoms with Crippen LogP contribution in [0.5, 0.6) is 0 Å². The lowest BCUT2D eigenvalue weighted by atomic mass is 10.3. The summed E-state index contributed by atoms with van der Waals surface area (Å²) in [6, 6.07) is 0. The van der Waals surface area contributed by atoms with Crippen molar-refractivity contribution < 1.29 is 19.1 Å². The monoisotopic (exact) mass is 215 g/mol. The molecule has 0 spiro atoms. The molecule has 0 radical (unpaired) electrons. The average molecular weight is 215 g/mol. The molecular weight excluding hydrogens is 198 g/mol. The second kappa shape index (κ2) is 4.72. The maximum Gasteiger partial charge on any atom is 0.227 e. The second-order valence-corrected chi connectivity index (χ2v) is 4.13. The Morgan fingerprint density at radius 3 is 2.60 bits per heavy atom. The summed E-state index contributed by atoms with van der Waals surface area (Å²) in [7, 11) is 0. The van der Waals surface area contributed by atoms with E-state index in [9.17, 15) is 9.59 Å².